The van der Waals surface area contributed by atoms with Crippen molar-refractivity contribution in [3.63, 3.8) is 0 Å². The average molecular weight is 263 g/mol. The Morgan fingerprint density at radius 2 is 2.00 bits per heavy atom. The summed E-state index contributed by atoms with van der Waals surface area (Å²) in [5.74, 6) is 0. The molecule has 0 spiro atoms. The summed E-state index contributed by atoms with van der Waals surface area (Å²) in [7, 11) is 0. The second-order valence-electron chi connectivity index (χ2n) is 5.85. The zero-order chi connectivity index (χ0) is 14.1. The van der Waals surface area contributed by atoms with Crippen LogP contribution in [0, 0.1) is 0 Å². The Morgan fingerprint density at radius 3 is 2.63 bits per heavy atom. The molecule has 1 unspecified atom stereocenters. The van der Waals surface area contributed by atoms with Crippen LogP contribution in [0.4, 0.5) is 0 Å². The summed E-state index contributed by atoms with van der Waals surface area (Å²) < 4.78 is 0. The zero-order valence-electron chi connectivity index (χ0n) is 13.4. The van der Waals surface area contributed by atoms with Crippen molar-refractivity contribution < 1.29 is 0 Å². The quantitative estimate of drug-likeness (QED) is 0.600. The minimum absolute atomic E-state index is 0.637. The predicted molar refractivity (Wildman–Crippen MR) is 86.5 cm³/mol. The number of rotatable bonds is 7. The summed E-state index contributed by atoms with van der Waals surface area (Å²) in [5.41, 5.74) is 2.98. The monoisotopic (exact) mass is 263 g/mol. The first-order valence-corrected chi connectivity index (χ1v) is 8.36. The summed E-state index contributed by atoms with van der Waals surface area (Å²) in [5, 5.41) is 0. The number of allylic oxidation sites excluding steroid dienone is 1. The number of unbranched alkanes of at least 4 members (excludes halogenated alkanes) is 2. The van der Waals surface area contributed by atoms with Crippen LogP contribution in [-0.2, 0) is 0 Å². The van der Waals surface area contributed by atoms with E-state index in [1.807, 2.05) is 0 Å². The van der Waals surface area contributed by atoms with Gasteiger partial charge in [0.1, 0.15) is 0 Å². The first kappa shape index (κ1) is 16.5. The Morgan fingerprint density at radius 1 is 1.21 bits per heavy atom. The van der Waals surface area contributed by atoms with E-state index < -0.39 is 0 Å². The van der Waals surface area contributed by atoms with Crippen LogP contribution in [-0.4, -0.2) is 24.0 Å². The molecule has 0 aromatic heterocycles. The molecule has 0 bridgehead atoms. The van der Waals surface area contributed by atoms with Gasteiger partial charge in [-0.15, -0.1) is 0 Å². The molecule has 0 aliphatic carbocycles. The molecule has 0 amide bonds. The van der Waals surface area contributed by atoms with Crippen molar-refractivity contribution in [3.05, 3.63) is 23.8 Å². The van der Waals surface area contributed by atoms with Crippen LogP contribution >= 0.6 is 0 Å². The van der Waals surface area contributed by atoms with Gasteiger partial charge in [-0.2, -0.15) is 0 Å². The van der Waals surface area contributed by atoms with E-state index in [-0.39, 0.29) is 0 Å². The third-order valence-electron chi connectivity index (χ3n) is 4.15. The minimum Gasteiger partial charge on any atom is -0.296 e. The van der Waals surface area contributed by atoms with Gasteiger partial charge in [0.25, 0.3) is 0 Å². The SMILES string of the molecule is C=C1CCCN(CCCC)C(CCC)/C1=C/CCC. The zero-order valence-corrected chi connectivity index (χ0v) is 13.4. The van der Waals surface area contributed by atoms with E-state index in [9.17, 15) is 0 Å². The van der Waals surface area contributed by atoms with E-state index in [2.05, 4.69) is 38.3 Å². The van der Waals surface area contributed by atoms with Crippen molar-refractivity contribution in [1.29, 1.82) is 0 Å². The largest absolute Gasteiger partial charge is 0.296 e. The first-order valence-electron chi connectivity index (χ1n) is 8.36. The van der Waals surface area contributed by atoms with E-state index in [4.69, 9.17) is 0 Å². The molecule has 1 heteroatoms. The number of likely N-dealkylation sites (tertiary alicyclic amines) is 1. The molecule has 1 rings (SSSR count). The molecular weight excluding hydrogens is 230 g/mol. The second kappa shape index (κ2) is 9.36. The molecule has 19 heavy (non-hydrogen) atoms. The van der Waals surface area contributed by atoms with Gasteiger partial charge < -0.3 is 0 Å². The number of nitrogens with zero attached hydrogens (tertiary/aromatic N) is 1. The molecule has 1 saturated heterocycles. The van der Waals surface area contributed by atoms with Crippen LogP contribution in [0.15, 0.2) is 23.8 Å². The lowest BCUT2D eigenvalue weighted by Gasteiger charge is -2.31. The summed E-state index contributed by atoms with van der Waals surface area (Å²) in [4.78, 5) is 2.73. The second-order valence-corrected chi connectivity index (χ2v) is 5.85. The van der Waals surface area contributed by atoms with Crippen molar-refractivity contribution in [2.75, 3.05) is 13.1 Å². The number of hydrogen-bond acceptors (Lipinski definition) is 1. The first-order chi connectivity index (χ1) is 9.24. The Hall–Kier alpha value is -0.560. The molecule has 0 aromatic rings. The molecule has 110 valence electrons. The highest BCUT2D eigenvalue weighted by atomic mass is 15.2. The third kappa shape index (κ3) is 5.14. The average Bonchev–Trinajstić information content (AvgIpc) is 2.55. The van der Waals surface area contributed by atoms with Crippen LogP contribution in [0.25, 0.3) is 0 Å². The van der Waals surface area contributed by atoms with Crippen LogP contribution in [0.3, 0.4) is 0 Å². The lowest BCUT2D eigenvalue weighted by Crippen LogP contribution is -2.37. The minimum atomic E-state index is 0.637. The molecule has 1 fully saturated rings. The fourth-order valence-corrected chi connectivity index (χ4v) is 3.05. The molecule has 1 heterocycles. The molecule has 0 aromatic carbocycles. The normalized spacial score (nSPS) is 23.8. The Labute approximate surface area is 120 Å². The molecule has 0 saturated carbocycles. The molecule has 1 aliphatic rings. The van der Waals surface area contributed by atoms with Crippen molar-refractivity contribution in [3.8, 4) is 0 Å². The van der Waals surface area contributed by atoms with Crippen LogP contribution in [0.5, 0.6) is 0 Å². The maximum Gasteiger partial charge on any atom is 0.0347 e. The van der Waals surface area contributed by atoms with Gasteiger partial charge in [0.2, 0.25) is 0 Å². The third-order valence-corrected chi connectivity index (χ3v) is 4.15. The van der Waals surface area contributed by atoms with Gasteiger partial charge in [-0.05, 0) is 50.8 Å². The van der Waals surface area contributed by atoms with Gasteiger partial charge >= 0.3 is 0 Å². The van der Waals surface area contributed by atoms with E-state index in [0.29, 0.717) is 6.04 Å². The van der Waals surface area contributed by atoms with E-state index in [1.165, 1.54) is 70.0 Å². The summed E-state index contributed by atoms with van der Waals surface area (Å²) >= 11 is 0. The maximum absolute atomic E-state index is 4.36. The molecule has 1 atom stereocenters. The predicted octanol–water partition coefficient (Wildman–Crippen LogP) is 5.33. The standard InChI is InChI=1S/C18H33N/c1-5-8-13-17-16(4)12-10-15-19(14-9-6-2)18(17)11-7-3/h13,18H,4-12,14-15H2,1-3H3/b17-13+. The van der Waals surface area contributed by atoms with E-state index >= 15 is 0 Å². The summed E-state index contributed by atoms with van der Waals surface area (Å²) in [6, 6.07) is 0.637. The van der Waals surface area contributed by atoms with Gasteiger partial charge in [0.05, 0.1) is 0 Å². The molecule has 1 aliphatic heterocycles. The smallest absolute Gasteiger partial charge is 0.0347 e. The van der Waals surface area contributed by atoms with Crippen molar-refractivity contribution >= 4 is 0 Å². The molecule has 0 radical (unpaired) electrons. The van der Waals surface area contributed by atoms with E-state index in [0.717, 1.165) is 0 Å². The van der Waals surface area contributed by atoms with Crippen molar-refractivity contribution in [1.82, 2.24) is 4.90 Å². The highest BCUT2D eigenvalue weighted by molar-refractivity contribution is 5.34. The van der Waals surface area contributed by atoms with Gasteiger partial charge in [-0.3, -0.25) is 4.90 Å². The topological polar surface area (TPSA) is 3.24 Å². The highest BCUT2D eigenvalue weighted by Crippen LogP contribution is 2.29. The highest BCUT2D eigenvalue weighted by Gasteiger charge is 2.25. The lowest BCUT2D eigenvalue weighted by molar-refractivity contribution is 0.214. The Bertz CT molecular complexity index is 290. The van der Waals surface area contributed by atoms with Crippen LogP contribution < -0.4 is 0 Å². The molecule has 1 nitrogen and oxygen atoms in total. The fourth-order valence-electron chi connectivity index (χ4n) is 3.05. The van der Waals surface area contributed by atoms with Gasteiger partial charge in [0, 0.05) is 6.04 Å². The summed E-state index contributed by atoms with van der Waals surface area (Å²) in [6.07, 6.45) is 12.6. The molecular formula is C18H33N. The fraction of sp³-hybridized carbons (Fsp3) is 0.778. The van der Waals surface area contributed by atoms with E-state index in [1.54, 1.807) is 5.57 Å². The van der Waals surface area contributed by atoms with Gasteiger partial charge in [0.15, 0.2) is 0 Å². The van der Waals surface area contributed by atoms with Crippen molar-refractivity contribution in [2.24, 2.45) is 0 Å². The van der Waals surface area contributed by atoms with Crippen LogP contribution in [0.2, 0.25) is 0 Å². The summed E-state index contributed by atoms with van der Waals surface area (Å²) in [6.45, 7) is 13.7. The Balaban J connectivity index is 2.88. The van der Waals surface area contributed by atoms with Crippen molar-refractivity contribution in [2.45, 2.75) is 78.2 Å². The van der Waals surface area contributed by atoms with Crippen LogP contribution in [0.1, 0.15) is 72.1 Å². The Kier molecular flexibility index (Phi) is 8.13. The number of hydrogen-bond donors (Lipinski definition) is 0. The lowest BCUT2D eigenvalue weighted by atomic mass is 9.93. The van der Waals surface area contributed by atoms with Gasteiger partial charge in [-0.25, -0.2) is 0 Å². The van der Waals surface area contributed by atoms with Gasteiger partial charge in [-0.1, -0.05) is 58.3 Å². The maximum atomic E-state index is 4.36. The molecule has 0 N–H and O–H groups in total.